The second kappa shape index (κ2) is 7.22. The summed E-state index contributed by atoms with van der Waals surface area (Å²) < 4.78 is 5.85. The van der Waals surface area contributed by atoms with Gasteiger partial charge < -0.3 is 9.84 Å². The predicted molar refractivity (Wildman–Crippen MR) is 83.2 cm³/mol. The van der Waals surface area contributed by atoms with E-state index in [2.05, 4.69) is 4.98 Å². The Balaban J connectivity index is 1.85. The number of hydrogen-bond acceptors (Lipinski definition) is 4. The Morgan fingerprint density at radius 2 is 2.00 bits per heavy atom. The van der Waals surface area contributed by atoms with E-state index in [0.717, 1.165) is 33.2 Å². The van der Waals surface area contributed by atoms with Gasteiger partial charge in [-0.3, -0.25) is 4.79 Å². The molecule has 1 aromatic heterocycles. The number of hydrogen-bond donors (Lipinski definition) is 1. The SMILES string of the molecule is Cc1cccc(C)c1OCCc1ncc(CCC(=O)O)s1. The van der Waals surface area contributed by atoms with Gasteiger partial charge in [-0.15, -0.1) is 11.3 Å². The zero-order chi connectivity index (χ0) is 15.2. The monoisotopic (exact) mass is 305 g/mol. The molecule has 0 radical (unpaired) electrons. The second-order valence-electron chi connectivity index (χ2n) is 4.93. The number of carboxylic acids is 1. The molecule has 112 valence electrons. The molecule has 1 N–H and O–H groups in total. The molecule has 2 rings (SSSR count). The summed E-state index contributed by atoms with van der Waals surface area (Å²) in [4.78, 5) is 15.9. The summed E-state index contributed by atoms with van der Waals surface area (Å²) >= 11 is 1.56. The van der Waals surface area contributed by atoms with Gasteiger partial charge in [0.1, 0.15) is 5.75 Å². The standard InChI is InChI=1S/C16H19NO3S/c1-11-4-3-5-12(2)16(11)20-9-8-14-17-10-13(21-14)6-7-15(18)19/h3-5,10H,6-9H2,1-2H3,(H,18,19). The van der Waals surface area contributed by atoms with E-state index in [1.165, 1.54) is 0 Å². The predicted octanol–water partition coefficient (Wildman–Crippen LogP) is 3.40. The van der Waals surface area contributed by atoms with Crippen molar-refractivity contribution in [1.82, 2.24) is 4.98 Å². The van der Waals surface area contributed by atoms with Crippen molar-refractivity contribution >= 4 is 17.3 Å². The number of carbonyl (C=O) groups is 1. The summed E-state index contributed by atoms with van der Waals surface area (Å²) in [6.45, 7) is 4.66. The Bertz CT molecular complexity index is 601. The largest absolute Gasteiger partial charge is 0.493 e. The van der Waals surface area contributed by atoms with Crippen LogP contribution in [-0.4, -0.2) is 22.7 Å². The first-order chi connectivity index (χ1) is 10.1. The number of aryl methyl sites for hydroxylation is 3. The van der Waals surface area contributed by atoms with Crippen LogP contribution in [0.4, 0.5) is 0 Å². The molecule has 5 heteroatoms. The molecule has 4 nitrogen and oxygen atoms in total. The molecule has 0 atom stereocenters. The van der Waals surface area contributed by atoms with Gasteiger partial charge in [0.25, 0.3) is 0 Å². The Morgan fingerprint density at radius 3 is 2.67 bits per heavy atom. The second-order valence-corrected chi connectivity index (χ2v) is 6.13. The van der Waals surface area contributed by atoms with Crippen LogP contribution in [-0.2, 0) is 17.6 Å². The quantitative estimate of drug-likeness (QED) is 0.851. The average Bonchev–Trinajstić information content (AvgIpc) is 2.88. The highest BCUT2D eigenvalue weighted by molar-refractivity contribution is 7.11. The zero-order valence-electron chi connectivity index (χ0n) is 12.3. The fraction of sp³-hybridized carbons (Fsp3) is 0.375. The molecule has 0 saturated heterocycles. The van der Waals surface area contributed by atoms with Crippen molar-refractivity contribution in [1.29, 1.82) is 0 Å². The van der Waals surface area contributed by atoms with Crippen LogP contribution >= 0.6 is 11.3 Å². The highest BCUT2D eigenvalue weighted by Crippen LogP contribution is 2.23. The number of nitrogens with zero attached hydrogens (tertiary/aromatic N) is 1. The van der Waals surface area contributed by atoms with Crippen molar-refractivity contribution in [2.24, 2.45) is 0 Å². The molecule has 0 aliphatic heterocycles. The summed E-state index contributed by atoms with van der Waals surface area (Å²) in [5, 5.41) is 9.65. The van der Waals surface area contributed by atoms with Crippen LogP contribution in [0.15, 0.2) is 24.4 Å². The number of benzene rings is 1. The molecule has 1 aromatic carbocycles. The topological polar surface area (TPSA) is 59.4 Å². The molecule has 2 aromatic rings. The van der Waals surface area contributed by atoms with E-state index < -0.39 is 5.97 Å². The van der Waals surface area contributed by atoms with Crippen LogP contribution in [0.3, 0.4) is 0 Å². The molecule has 0 fully saturated rings. The van der Waals surface area contributed by atoms with Gasteiger partial charge in [0.2, 0.25) is 0 Å². The maximum absolute atomic E-state index is 10.5. The molecule has 21 heavy (non-hydrogen) atoms. The lowest BCUT2D eigenvalue weighted by molar-refractivity contribution is -0.136. The van der Waals surface area contributed by atoms with Crippen LogP contribution in [0.25, 0.3) is 0 Å². The maximum atomic E-state index is 10.5. The van der Waals surface area contributed by atoms with E-state index in [-0.39, 0.29) is 6.42 Å². The first-order valence-electron chi connectivity index (χ1n) is 6.90. The lowest BCUT2D eigenvalue weighted by Crippen LogP contribution is -2.03. The minimum Gasteiger partial charge on any atom is -0.493 e. The third kappa shape index (κ3) is 4.56. The van der Waals surface area contributed by atoms with Gasteiger partial charge in [-0.05, 0) is 31.4 Å². The summed E-state index contributed by atoms with van der Waals surface area (Å²) in [5.74, 6) is 0.170. The maximum Gasteiger partial charge on any atom is 0.303 e. The lowest BCUT2D eigenvalue weighted by Gasteiger charge is -2.10. The smallest absolute Gasteiger partial charge is 0.303 e. The fourth-order valence-corrected chi connectivity index (χ4v) is 2.98. The third-order valence-electron chi connectivity index (χ3n) is 3.16. The van der Waals surface area contributed by atoms with Gasteiger partial charge in [-0.1, -0.05) is 18.2 Å². The average molecular weight is 305 g/mol. The summed E-state index contributed by atoms with van der Waals surface area (Å²) in [6, 6.07) is 6.10. The van der Waals surface area contributed by atoms with E-state index in [1.54, 1.807) is 17.5 Å². The van der Waals surface area contributed by atoms with Crippen LogP contribution in [0.1, 0.15) is 27.4 Å². The molecule has 0 spiro atoms. The van der Waals surface area contributed by atoms with Gasteiger partial charge in [0, 0.05) is 17.5 Å². The lowest BCUT2D eigenvalue weighted by atomic mass is 10.1. The van der Waals surface area contributed by atoms with Crippen LogP contribution in [0.2, 0.25) is 0 Å². The van der Waals surface area contributed by atoms with E-state index in [0.29, 0.717) is 13.0 Å². The van der Waals surface area contributed by atoms with Crippen molar-refractivity contribution < 1.29 is 14.6 Å². The normalized spacial score (nSPS) is 10.6. The highest BCUT2D eigenvalue weighted by Gasteiger charge is 2.07. The molecular weight excluding hydrogens is 286 g/mol. The number of carboxylic acid groups (broad SMARTS) is 1. The van der Waals surface area contributed by atoms with Crippen LogP contribution < -0.4 is 4.74 Å². The summed E-state index contributed by atoms with van der Waals surface area (Å²) in [7, 11) is 0. The van der Waals surface area contributed by atoms with Crippen molar-refractivity contribution in [3.63, 3.8) is 0 Å². The Hall–Kier alpha value is -1.88. The molecule has 1 heterocycles. The molecular formula is C16H19NO3S. The number of thiazole rings is 1. The Morgan fingerprint density at radius 1 is 1.29 bits per heavy atom. The van der Waals surface area contributed by atoms with Crippen LogP contribution in [0, 0.1) is 13.8 Å². The number of aromatic nitrogens is 1. The first-order valence-corrected chi connectivity index (χ1v) is 7.72. The molecule has 0 amide bonds. The van der Waals surface area contributed by atoms with Crippen LogP contribution in [0.5, 0.6) is 5.75 Å². The van der Waals surface area contributed by atoms with Gasteiger partial charge in [-0.2, -0.15) is 0 Å². The fourth-order valence-electron chi connectivity index (χ4n) is 2.08. The molecule has 0 aliphatic rings. The van der Waals surface area contributed by atoms with Crippen molar-refractivity contribution in [2.45, 2.75) is 33.1 Å². The number of para-hydroxylation sites is 1. The summed E-state index contributed by atoms with van der Waals surface area (Å²) in [5.41, 5.74) is 2.27. The van der Waals surface area contributed by atoms with Crippen molar-refractivity contribution in [2.75, 3.05) is 6.61 Å². The Labute approximate surface area is 128 Å². The van der Waals surface area contributed by atoms with Gasteiger partial charge >= 0.3 is 5.97 Å². The Kier molecular flexibility index (Phi) is 5.33. The van der Waals surface area contributed by atoms with Gasteiger partial charge in [-0.25, -0.2) is 4.98 Å². The van der Waals surface area contributed by atoms with Crippen molar-refractivity contribution in [3.8, 4) is 5.75 Å². The number of ether oxygens (including phenoxy) is 1. The number of rotatable bonds is 7. The molecule has 0 aliphatic carbocycles. The number of aliphatic carboxylic acids is 1. The molecule has 0 unspecified atom stereocenters. The van der Waals surface area contributed by atoms with E-state index >= 15 is 0 Å². The molecule has 0 bridgehead atoms. The van der Waals surface area contributed by atoms with Gasteiger partial charge in [0.15, 0.2) is 0 Å². The summed E-state index contributed by atoms with van der Waals surface area (Å²) in [6.07, 6.45) is 3.21. The van der Waals surface area contributed by atoms with Crippen molar-refractivity contribution in [3.05, 3.63) is 45.4 Å². The first kappa shape index (κ1) is 15.5. The van der Waals surface area contributed by atoms with E-state index in [1.807, 2.05) is 32.0 Å². The third-order valence-corrected chi connectivity index (χ3v) is 4.27. The molecule has 0 saturated carbocycles. The van der Waals surface area contributed by atoms with E-state index in [9.17, 15) is 4.79 Å². The van der Waals surface area contributed by atoms with Gasteiger partial charge in [0.05, 0.1) is 18.0 Å². The zero-order valence-corrected chi connectivity index (χ0v) is 13.1. The highest BCUT2D eigenvalue weighted by atomic mass is 32.1. The minimum absolute atomic E-state index is 0.153. The minimum atomic E-state index is -0.775. The van der Waals surface area contributed by atoms with E-state index in [4.69, 9.17) is 9.84 Å².